The molecule has 0 spiro atoms. The van der Waals surface area contributed by atoms with E-state index in [0.29, 0.717) is 34.4 Å². The van der Waals surface area contributed by atoms with Gasteiger partial charge in [0, 0.05) is 12.6 Å². The molecule has 3 heterocycles. The zero-order valence-corrected chi connectivity index (χ0v) is 17.0. The van der Waals surface area contributed by atoms with Crippen molar-refractivity contribution in [3.8, 4) is 11.6 Å². The van der Waals surface area contributed by atoms with E-state index in [9.17, 15) is 18.0 Å². The molecule has 0 saturated carbocycles. The van der Waals surface area contributed by atoms with Crippen LogP contribution in [0.5, 0.6) is 11.6 Å². The summed E-state index contributed by atoms with van der Waals surface area (Å²) in [6.07, 6.45) is -2.81. The first-order chi connectivity index (χ1) is 15.3. The third-order valence-electron chi connectivity index (χ3n) is 4.85. The van der Waals surface area contributed by atoms with Crippen LogP contribution < -0.4 is 14.8 Å². The smallest absolute Gasteiger partial charge is 0.416 e. The average molecular weight is 444 g/mol. The lowest BCUT2D eigenvalue weighted by Gasteiger charge is -2.20. The van der Waals surface area contributed by atoms with Crippen LogP contribution in [0.3, 0.4) is 0 Å². The van der Waals surface area contributed by atoms with Gasteiger partial charge in [0.15, 0.2) is 6.61 Å². The van der Waals surface area contributed by atoms with E-state index in [0.717, 1.165) is 12.1 Å². The van der Waals surface area contributed by atoms with Gasteiger partial charge in [-0.2, -0.15) is 13.2 Å². The number of benzene rings is 1. The van der Waals surface area contributed by atoms with E-state index >= 15 is 0 Å². The first-order valence-electron chi connectivity index (χ1n) is 9.65. The van der Waals surface area contributed by atoms with Crippen molar-refractivity contribution < 1.29 is 27.4 Å². The summed E-state index contributed by atoms with van der Waals surface area (Å²) in [4.78, 5) is 22.7. The van der Waals surface area contributed by atoms with Crippen molar-refractivity contribution in [2.75, 3.05) is 19.0 Å². The number of methoxy groups -OCH3 is 1. The molecule has 3 aromatic rings. The van der Waals surface area contributed by atoms with Crippen LogP contribution in [-0.2, 0) is 24.1 Å². The Hall–Kier alpha value is -3.82. The van der Waals surface area contributed by atoms with E-state index in [1.807, 2.05) is 0 Å². The Morgan fingerprint density at radius 3 is 2.56 bits per heavy atom. The van der Waals surface area contributed by atoms with E-state index in [1.54, 1.807) is 30.5 Å². The molecule has 4 rings (SSSR count). The van der Waals surface area contributed by atoms with Gasteiger partial charge in [0.25, 0.3) is 5.91 Å². The lowest BCUT2D eigenvalue weighted by atomic mass is 10.1. The lowest BCUT2D eigenvalue weighted by molar-refractivity contribution is -0.137. The molecule has 1 aliphatic heterocycles. The number of nitrogens with zero attached hydrogens (tertiary/aromatic N) is 3. The number of alkyl halides is 3. The fourth-order valence-electron chi connectivity index (χ4n) is 3.19. The molecular formula is C22H19F3N4O3. The molecule has 0 radical (unpaired) electrons. The molecule has 166 valence electrons. The molecule has 2 aromatic heterocycles. The van der Waals surface area contributed by atoms with Gasteiger partial charge in [0.1, 0.15) is 17.3 Å². The SMILES string of the molecule is COc1ccc(Nc2ccc3c(n2)CN(Cc2ccc(C(F)(F)F)cc2)C(=O)CO3)cn1. The first-order valence-corrected chi connectivity index (χ1v) is 9.65. The summed E-state index contributed by atoms with van der Waals surface area (Å²) in [5, 5.41) is 3.13. The predicted molar refractivity (Wildman–Crippen MR) is 110 cm³/mol. The minimum Gasteiger partial charge on any atom is -0.482 e. The quantitative estimate of drug-likeness (QED) is 0.637. The second kappa shape index (κ2) is 8.74. The van der Waals surface area contributed by atoms with Crippen LogP contribution in [0.15, 0.2) is 54.7 Å². The van der Waals surface area contributed by atoms with E-state index in [-0.39, 0.29) is 25.6 Å². The highest BCUT2D eigenvalue weighted by molar-refractivity contribution is 5.78. The van der Waals surface area contributed by atoms with E-state index in [1.165, 1.54) is 24.1 Å². The number of carbonyl (C=O) groups is 1. The number of aromatic nitrogens is 2. The fraction of sp³-hybridized carbons (Fsp3) is 0.227. The normalized spacial score (nSPS) is 13.8. The molecule has 0 fully saturated rings. The molecule has 0 saturated heterocycles. The molecular weight excluding hydrogens is 425 g/mol. The maximum atomic E-state index is 12.8. The first kappa shape index (κ1) is 21.4. The number of nitrogens with one attached hydrogen (secondary N) is 1. The van der Waals surface area contributed by atoms with Crippen molar-refractivity contribution >= 4 is 17.4 Å². The summed E-state index contributed by atoms with van der Waals surface area (Å²) in [6, 6.07) is 11.7. The van der Waals surface area contributed by atoms with Crippen molar-refractivity contribution in [1.29, 1.82) is 0 Å². The van der Waals surface area contributed by atoms with Gasteiger partial charge in [-0.05, 0) is 35.9 Å². The van der Waals surface area contributed by atoms with Crippen molar-refractivity contribution in [1.82, 2.24) is 14.9 Å². The molecule has 0 bridgehead atoms. The molecule has 0 aliphatic carbocycles. The summed E-state index contributed by atoms with van der Waals surface area (Å²) >= 11 is 0. The molecule has 0 unspecified atom stereocenters. The number of anilines is 2. The molecule has 1 amide bonds. The maximum absolute atomic E-state index is 12.8. The number of fused-ring (bicyclic) bond motifs is 1. The fourth-order valence-corrected chi connectivity index (χ4v) is 3.19. The number of hydrogen-bond acceptors (Lipinski definition) is 6. The number of pyridine rings is 2. The topological polar surface area (TPSA) is 76.6 Å². The van der Waals surface area contributed by atoms with Gasteiger partial charge in [-0.15, -0.1) is 0 Å². The Bertz CT molecular complexity index is 1100. The highest BCUT2D eigenvalue weighted by Crippen LogP contribution is 2.30. The predicted octanol–water partition coefficient (Wildman–Crippen LogP) is 4.17. The Morgan fingerprint density at radius 1 is 1.12 bits per heavy atom. The van der Waals surface area contributed by atoms with Gasteiger partial charge in [0.05, 0.1) is 31.1 Å². The second-order valence-electron chi connectivity index (χ2n) is 7.09. The number of hydrogen-bond donors (Lipinski definition) is 1. The van der Waals surface area contributed by atoms with Crippen LogP contribution in [0.25, 0.3) is 0 Å². The van der Waals surface area contributed by atoms with Gasteiger partial charge in [-0.1, -0.05) is 12.1 Å². The average Bonchev–Trinajstić information content (AvgIpc) is 2.92. The van der Waals surface area contributed by atoms with Crippen molar-refractivity contribution in [2.24, 2.45) is 0 Å². The van der Waals surface area contributed by atoms with Crippen molar-refractivity contribution in [2.45, 2.75) is 19.3 Å². The van der Waals surface area contributed by atoms with Crippen LogP contribution in [0.4, 0.5) is 24.7 Å². The molecule has 10 heteroatoms. The van der Waals surface area contributed by atoms with E-state index in [4.69, 9.17) is 9.47 Å². The van der Waals surface area contributed by atoms with E-state index < -0.39 is 11.7 Å². The van der Waals surface area contributed by atoms with Crippen LogP contribution in [-0.4, -0.2) is 34.5 Å². The molecule has 1 aliphatic rings. The summed E-state index contributed by atoms with van der Waals surface area (Å²) in [7, 11) is 1.53. The van der Waals surface area contributed by atoms with Gasteiger partial charge in [-0.3, -0.25) is 4.79 Å². The minimum atomic E-state index is -4.41. The molecule has 1 N–H and O–H groups in total. The Morgan fingerprint density at radius 2 is 1.91 bits per heavy atom. The zero-order chi connectivity index (χ0) is 22.7. The summed E-state index contributed by atoms with van der Waals surface area (Å²) in [5.41, 5.74) is 1.08. The summed E-state index contributed by atoms with van der Waals surface area (Å²) in [6.45, 7) is 0.123. The summed E-state index contributed by atoms with van der Waals surface area (Å²) < 4.78 is 49.0. The number of carbonyl (C=O) groups excluding carboxylic acids is 1. The van der Waals surface area contributed by atoms with Crippen LogP contribution >= 0.6 is 0 Å². The highest BCUT2D eigenvalue weighted by atomic mass is 19.4. The van der Waals surface area contributed by atoms with Crippen molar-refractivity contribution in [3.63, 3.8) is 0 Å². The maximum Gasteiger partial charge on any atom is 0.416 e. The number of rotatable bonds is 5. The third kappa shape index (κ3) is 4.90. The minimum absolute atomic E-state index is 0.140. The summed E-state index contributed by atoms with van der Waals surface area (Å²) in [5.74, 6) is 1.21. The molecule has 0 atom stereocenters. The Kier molecular flexibility index (Phi) is 5.85. The van der Waals surface area contributed by atoms with Crippen LogP contribution in [0, 0.1) is 0 Å². The molecule has 7 nitrogen and oxygen atoms in total. The third-order valence-corrected chi connectivity index (χ3v) is 4.85. The van der Waals surface area contributed by atoms with E-state index in [2.05, 4.69) is 15.3 Å². The lowest BCUT2D eigenvalue weighted by Crippen LogP contribution is -2.32. The van der Waals surface area contributed by atoms with Crippen LogP contribution in [0.1, 0.15) is 16.8 Å². The van der Waals surface area contributed by atoms with Gasteiger partial charge in [0.2, 0.25) is 5.88 Å². The van der Waals surface area contributed by atoms with Gasteiger partial charge < -0.3 is 19.7 Å². The Labute approximate surface area is 181 Å². The largest absolute Gasteiger partial charge is 0.482 e. The highest BCUT2D eigenvalue weighted by Gasteiger charge is 2.30. The Balaban J connectivity index is 1.50. The number of halogens is 3. The van der Waals surface area contributed by atoms with Crippen molar-refractivity contribution in [3.05, 3.63) is 71.5 Å². The number of ether oxygens (including phenoxy) is 2. The standard InChI is InChI=1S/C22H19F3N4O3/c1-31-20-9-6-16(10-26-20)27-19-8-7-18-17(28-19)12-29(21(30)13-32-18)11-14-2-4-15(5-3-14)22(23,24)25/h2-10H,11-13H2,1H3,(H,27,28). The molecule has 1 aromatic carbocycles. The second-order valence-corrected chi connectivity index (χ2v) is 7.09. The monoisotopic (exact) mass is 444 g/mol. The van der Waals surface area contributed by atoms with Gasteiger partial charge >= 0.3 is 6.18 Å². The molecule has 32 heavy (non-hydrogen) atoms. The zero-order valence-electron chi connectivity index (χ0n) is 17.0. The number of amides is 1. The van der Waals surface area contributed by atoms with Crippen LogP contribution in [0.2, 0.25) is 0 Å². The van der Waals surface area contributed by atoms with Gasteiger partial charge in [-0.25, -0.2) is 9.97 Å².